The smallest absolute Gasteiger partial charge is 0.136 e. The maximum atomic E-state index is 6.39. The Morgan fingerprint density at radius 1 is 0.207 bits per heavy atom. The summed E-state index contributed by atoms with van der Waals surface area (Å²) in [5, 5.41) is 17.0. The minimum atomic E-state index is 0.870. The van der Waals surface area contributed by atoms with Crippen molar-refractivity contribution in [2.24, 2.45) is 0 Å². The predicted molar refractivity (Wildman–Crippen MR) is 245 cm³/mol. The molecule has 0 unspecified atom stereocenters. The summed E-state index contributed by atoms with van der Waals surface area (Å²) in [6.45, 7) is 0. The number of furan rings is 2. The van der Waals surface area contributed by atoms with Gasteiger partial charge in [-0.2, -0.15) is 0 Å². The molecule has 0 aliphatic rings. The van der Waals surface area contributed by atoms with E-state index in [1.54, 1.807) is 0 Å². The lowest BCUT2D eigenvalue weighted by Gasteiger charge is -2.15. The Labute approximate surface area is 332 Å². The second-order valence-corrected chi connectivity index (χ2v) is 15.6. The monoisotopic (exact) mass is 736 g/mol. The molecule has 11 aromatic carbocycles. The van der Waals surface area contributed by atoms with Crippen molar-refractivity contribution in [3.63, 3.8) is 0 Å². The van der Waals surface area contributed by atoms with Gasteiger partial charge >= 0.3 is 0 Å². The van der Waals surface area contributed by atoms with E-state index in [9.17, 15) is 0 Å². The quantitative estimate of drug-likeness (QED) is 0.169. The molecule has 0 N–H and O–H groups in total. The van der Waals surface area contributed by atoms with Crippen LogP contribution in [0.2, 0.25) is 0 Å². The third kappa shape index (κ3) is 4.60. The van der Waals surface area contributed by atoms with Crippen molar-refractivity contribution in [3.8, 4) is 33.4 Å². The maximum Gasteiger partial charge on any atom is 0.136 e. The lowest BCUT2D eigenvalue weighted by atomic mass is 9.88. The molecule has 0 spiro atoms. The highest BCUT2D eigenvalue weighted by Crippen LogP contribution is 2.42. The summed E-state index contributed by atoms with van der Waals surface area (Å²) in [5.41, 5.74) is 10.7. The molecule has 2 aromatic heterocycles. The zero-order valence-corrected chi connectivity index (χ0v) is 31.3. The number of para-hydroxylation sites is 1. The Balaban J connectivity index is 0.931. The molecule has 0 saturated heterocycles. The van der Waals surface area contributed by atoms with Crippen LogP contribution in [0.3, 0.4) is 0 Å². The van der Waals surface area contributed by atoms with Crippen molar-refractivity contribution in [1.29, 1.82) is 0 Å². The van der Waals surface area contributed by atoms with E-state index in [1.165, 1.54) is 76.1 Å². The van der Waals surface area contributed by atoms with E-state index in [4.69, 9.17) is 8.83 Å². The average Bonchev–Trinajstić information content (AvgIpc) is 3.84. The zero-order valence-electron chi connectivity index (χ0n) is 31.3. The molecule has 13 rings (SSSR count). The highest BCUT2D eigenvalue weighted by atomic mass is 16.3. The molecule has 0 fully saturated rings. The summed E-state index contributed by atoms with van der Waals surface area (Å²) in [6.07, 6.45) is 0. The van der Waals surface area contributed by atoms with E-state index >= 15 is 0 Å². The molecule has 2 heteroatoms. The van der Waals surface area contributed by atoms with Crippen molar-refractivity contribution in [1.82, 2.24) is 0 Å². The lowest BCUT2D eigenvalue weighted by molar-refractivity contribution is 0.664. The van der Waals surface area contributed by atoms with Crippen LogP contribution >= 0.6 is 0 Å². The Kier molecular flexibility index (Phi) is 6.47. The van der Waals surface area contributed by atoms with E-state index in [0.717, 1.165) is 55.0 Å². The summed E-state index contributed by atoms with van der Waals surface area (Å²) in [7, 11) is 0. The van der Waals surface area contributed by atoms with Gasteiger partial charge in [0.2, 0.25) is 0 Å². The van der Waals surface area contributed by atoms with E-state index in [1.807, 2.05) is 18.2 Å². The van der Waals surface area contributed by atoms with Gasteiger partial charge in [-0.1, -0.05) is 140 Å². The molecule has 0 atom stereocenters. The van der Waals surface area contributed by atoms with Crippen molar-refractivity contribution in [3.05, 3.63) is 194 Å². The molecule has 0 aliphatic carbocycles. The number of hydrogen-bond acceptors (Lipinski definition) is 2. The van der Waals surface area contributed by atoms with Crippen LogP contribution in [0.1, 0.15) is 0 Å². The number of benzene rings is 11. The third-order valence-electron chi connectivity index (χ3n) is 12.4. The van der Waals surface area contributed by atoms with Gasteiger partial charge in [0.15, 0.2) is 0 Å². The van der Waals surface area contributed by atoms with Gasteiger partial charge < -0.3 is 8.83 Å². The van der Waals surface area contributed by atoms with Gasteiger partial charge in [0.25, 0.3) is 0 Å². The van der Waals surface area contributed by atoms with Gasteiger partial charge in [-0.25, -0.2) is 0 Å². The molecule has 0 amide bonds. The SMILES string of the molecule is c1cc(-c2ccc3oc4cc5c(cc4c3c2)oc2ccccc25)cc(-c2ccc3c4ccc(-c5cc6ccccc6c6ccccc56)cc4c4ccccc4c3c2)c1. The maximum absolute atomic E-state index is 6.39. The van der Waals surface area contributed by atoms with E-state index in [2.05, 4.69) is 176 Å². The van der Waals surface area contributed by atoms with Crippen LogP contribution in [0.5, 0.6) is 0 Å². The van der Waals surface area contributed by atoms with Crippen LogP contribution in [-0.4, -0.2) is 0 Å². The third-order valence-corrected chi connectivity index (χ3v) is 12.4. The van der Waals surface area contributed by atoms with Crippen LogP contribution in [0.25, 0.3) is 131 Å². The van der Waals surface area contributed by atoms with Crippen LogP contribution in [0.4, 0.5) is 0 Å². The average molecular weight is 737 g/mol. The summed E-state index contributed by atoms with van der Waals surface area (Å²) in [6, 6.07) is 70.6. The minimum absolute atomic E-state index is 0.870. The Morgan fingerprint density at radius 2 is 0.655 bits per heavy atom. The van der Waals surface area contributed by atoms with Crippen molar-refractivity contribution in [2.75, 3.05) is 0 Å². The van der Waals surface area contributed by atoms with Gasteiger partial charge in [-0.05, 0) is 142 Å². The predicted octanol–water partition coefficient (Wildman–Crippen LogP) is 16.3. The summed E-state index contributed by atoms with van der Waals surface area (Å²) in [4.78, 5) is 0. The first-order valence-electron chi connectivity index (χ1n) is 19.9. The van der Waals surface area contributed by atoms with Crippen molar-refractivity contribution < 1.29 is 8.83 Å². The summed E-state index contributed by atoms with van der Waals surface area (Å²) in [5.74, 6) is 0. The fourth-order valence-electron chi connectivity index (χ4n) is 9.65. The van der Waals surface area contributed by atoms with Crippen molar-refractivity contribution >= 4 is 97.7 Å². The summed E-state index contributed by atoms with van der Waals surface area (Å²) < 4.78 is 12.6. The fraction of sp³-hybridized carbons (Fsp3) is 0. The highest BCUT2D eigenvalue weighted by molar-refractivity contribution is 6.27. The zero-order chi connectivity index (χ0) is 37.9. The Morgan fingerprint density at radius 3 is 1.36 bits per heavy atom. The van der Waals surface area contributed by atoms with Gasteiger partial charge in [0, 0.05) is 21.5 Å². The van der Waals surface area contributed by atoms with Gasteiger partial charge in [0.1, 0.15) is 22.3 Å². The Hall–Kier alpha value is -7.68. The highest BCUT2D eigenvalue weighted by Gasteiger charge is 2.16. The van der Waals surface area contributed by atoms with Crippen LogP contribution in [0.15, 0.2) is 203 Å². The second kappa shape index (κ2) is 11.9. The summed E-state index contributed by atoms with van der Waals surface area (Å²) >= 11 is 0. The number of fused-ring (bicyclic) bond motifs is 15. The standard InChI is InChI=1S/C56H32O2/c1-2-13-39-37(10-1)29-47(41-15-4-3-14-40(39)41)38-21-24-45-44-23-20-35(27-48(44)42-16-5-6-17-43(42)49(45)30-38)33-11-9-12-34(26-33)36-22-25-54-50(28-36)52-32-55-51(31-56(52)58-54)46-18-7-8-19-53(46)57-55/h1-32H. The minimum Gasteiger partial charge on any atom is -0.456 e. The molecule has 0 radical (unpaired) electrons. The van der Waals surface area contributed by atoms with Crippen LogP contribution in [0, 0.1) is 0 Å². The molecule has 13 aromatic rings. The molecule has 58 heavy (non-hydrogen) atoms. The van der Waals surface area contributed by atoms with Gasteiger partial charge in [-0.15, -0.1) is 0 Å². The largest absolute Gasteiger partial charge is 0.456 e. The van der Waals surface area contributed by atoms with Crippen LogP contribution in [-0.2, 0) is 0 Å². The van der Waals surface area contributed by atoms with E-state index in [-0.39, 0.29) is 0 Å². The van der Waals surface area contributed by atoms with Gasteiger partial charge in [-0.3, -0.25) is 0 Å². The topological polar surface area (TPSA) is 26.3 Å². The fourth-order valence-corrected chi connectivity index (χ4v) is 9.65. The van der Waals surface area contributed by atoms with Crippen LogP contribution < -0.4 is 0 Å². The molecule has 0 aliphatic heterocycles. The normalized spacial score (nSPS) is 12.1. The lowest BCUT2D eigenvalue weighted by Crippen LogP contribution is -1.88. The van der Waals surface area contributed by atoms with Crippen molar-refractivity contribution in [2.45, 2.75) is 0 Å². The van der Waals surface area contributed by atoms with E-state index < -0.39 is 0 Å². The van der Waals surface area contributed by atoms with E-state index in [0.29, 0.717) is 0 Å². The molecule has 0 saturated carbocycles. The first-order valence-corrected chi connectivity index (χ1v) is 19.9. The van der Waals surface area contributed by atoms with Gasteiger partial charge in [0.05, 0.1) is 0 Å². The first-order chi connectivity index (χ1) is 28.7. The molecule has 268 valence electrons. The number of rotatable bonds is 3. The molecular formula is C56H32O2. The Bertz CT molecular complexity index is 3840. The molecule has 2 nitrogen and oxygen atoms in total. The number of hydrogen-bond donors (Lipinski definition) is 0. The molecular weight excluding hydrogens is 705 g/mol. The first kappa shape index (κ1) is 31.5. The second-order valence-electron chi connectivity index (χ2n) is 15.6. The molecule has 2 heterocycles. The molecule has 0 bridgehead atoms.